The highest BCUT2D eigenvalue weighted by Gasteiger charge is 2.06. The third-order valence-electron chi connectivity index (χ3n) is 1.58. The van der Waals surface area contributed by atoms with Crippen LogP contribution in [0.25, 0.3) is 0 Å². The molecule has 78 valence electrons. The van der Waals surface area contributed by atoms with Crippen LogP contribution in [-0.4, -0.2) is 29.0 Å². The summed E-state index contributed by atoms with van der Waals surface area (Å²) in [4.78, 5) is 10.8. The third kappa shape index (κ3) is 3.56. The first-order valence-electron chi connectivity index (χ1n) is 4.19. The summed E-state index contributed by atoms with van der Waals surface area (Å²) in [6.07, 6.45) is 1.76. The SMILES string of the molecule is COC(=O)CCSc1nnccc1C#N. The molecular weight excluding hydrogens is 214 g/mol. The molecule has 0 unspecified atom stereocenters. The molecule has 5 nitrogen and oxygen atoms in total. The van der Waals surface area contributed by atoms with E-state index in [0.29, 0.717) is 22.8 Å². The van der Waals surface area contributed by atoms with Gasteiger partial charge in [0.05, 0.1) is 25.3 Å². The van der Waals surface area contributed by atoms with Crippen molar-refractivity contribution in [2.75, 3.05) is 12.9 Å². The summed E-state index contributed by atoms with van der Waals surface area (Å²) in [5, 5.41) is 16.8. The highest BCUT2D eigenvalue weighted by molar-refractivity contribution is 7.99. The lowest BCUT2D eigenvalue weighted by Gasteiger charge is -2.00. The minimum Gasteiger partial charge on any atom is -0.469 e. The monoisotopic (exact) mass is 223 g/mol. The number of esters is 1. The highest BCUT2D eigenvalue weighted by Crippen LogP contribution is 2.18. The molecule has 0 aliphatic rings. The largest absolute Gasteiger partial charge is 0.469 e. The van der Waals surface area contributed by atoms with Crippen LogP contribution in [0, 0.1) is 11.3 Å². The molecule has 6 heteroatoms. The summed E-state index contributed by atoms with van der Waals surface area (Å²) in [6.45, 7) is 0. The maximum atomic E-state index is 10.8. The molecule has 0 radical (unpaired) electrons. The van der Waals surface area contributed by atoms with Gasteiger partial charge in [0.1, 0.15) is 11.1 Å². The summed E-state index contributed by atoms with van der Waals surface area (Å²) in [5.41, 5.74) is 0.472. The van der Waals surface area contributed by atoms with Gasteiger partial charge in [-0.3, -0.25) is 4.79 Å². The number of carbonyl (C=O) groups is 1. The first kappa shape index (κ1) is 11.5. The van der Waals surface area contributed by atoms with Crippen molar-refractivity contribution in [2.24, 2.45) is 0 Å². The molecule has 0 aliphatic carbocycles. The van der Waals surface area contributed by atoms with E-state index < -0.39 is 0 Å². The Morgan fingerprint density at radius 1 is 1.73 bits per heavy atom. The predicted octanol–water partition coefficient (Wildman–Crippen LogP) is 1.00. The summed E-state index contributed by atoms with van der Waals surface area (Å²) >= 11 is 1.32. The van der Waals surface area contributed by atoms with Gasteiger partial charge in [-0.2, -0.15) is 10.4 Å². The lowest BCUT2D eigenvalue weighted by Crippen LogP contribution is -2.01. The van der Waals surface area contributed by atoms with Crippen molar-refractivity contribution < 1.29 is 9.53 Å². The molecule has 0 aliphatic heterocycles. The maximum Gasteiger partial charge on any atom is 0.306 e. The predicted molar refractivity (Wildman–Crippen MR) is 54.1 cm³/mol. The van der Waals surface area contributed by atoms with Gasteiger partial charge in [-0.1, -0.05) is 0 Å². The smallest absolute Gasteiger partial charge is 0.306 e. The van der Waals surface area contributed by atoms with E-state index in [1.165, 1.54) is 25.1 Å². The van der Waals surface area contributed by atoms with Gasteiger partial charge < -0.3 is 4.74 Å². The maximum absolute atomic E-state index is 10.8. The van der Waals surface area contributed by atoms with Crippen molar-refractivity contribution in [3.63, 3.8) is 0 Å². The summed E-state index contributed by atoms with van der Waals surface area (Å²) < 4.78 is 4.49. The molecule has 15 heavy (non-hydrogen) atoms. The number of hydrogen-bond donors (Lipinski definition) is 0. The fourth-order valence-electron chi connectivity index (χ4n) is 0.844. The zero-order valence-corrected chi connectivity index (χ0v) is 8.95. The molecule has 1 heterocycles. The Bertz CT molecular complexity index is 389. The summed E-state index contributed by atoms with van der Waals surface area (Å²) in [7, 11) is 1.34. The molecule has 0 amide bonds. The van der Waals surface area contributed by atoms with Crippen LogP contribution in [0.4, 0.5) is 0 Å². The Balaban J connectivity index is 2.51. The Hall–Kier alpha value is -1.61. The number of methoxy groups -OCH3 is 1. The number of hydrogen-bond acceptors (Lipinski definition) is 6. The molecule has 0 bridgehead atoms. The van der Waals surface area contributed by atoms with Gasteiger partial charge in [0.2, 0.25) is 0 Å². The Morgan fingerprint density at radius 2 is 2.53 bits per heavy atom. The topological polar surface area (TPSA) is 75.9 Å². The van der Waals surface area contributed by atoms with Crippen LogP contribution in [-0.2, 0) is 9.53 Å². The molecule has 0 N–H and O–H groups in total. The average Bonchev–Trinajstić information content (AvgIpc) is 2.29. The summed E-state index contributed by atoms with van der Waals surface area (Å²) in [6, 6.07) is 3.60. The van der Waals surface area contributed by atoms with E-state index in [0.717, 1.165) is 0 Å². The first-order valence-corrected chi connectivity index (χ1v) is 5.18. The van der Waals surface area contributed by atoms with Crippen molar-refractivity contribution in [3.8, 4) is 6.07 Å². The van der Waals surface area contributed by atoms with Gasteiger partial charge in [-0.15, -0.1) is 16.9 Å². The van der Waals surface area contributed by atoms with Crippen LogP contribution < -0.4 is 0 Å². The second-order valence-corrected chi connectivity index (χ2v) is 3.62. The van der Waals surface area contributed by atoms with Crippen LogP contribution in [0.1, 0.15) is 12.0 Å². The normalized spacial score (nSPS) is 9.33. The highest BCUT2D eigenvalue weighted by atomic mass is 32.2. The van der Waals surface area contributed by atoms with Gasteiger partial charge >= 0.3 is 5.97 Å². The molecule has 0 fully saturated rings. The molecule has 1 aromatic heterocycles. The second-order valence-electron chi connectivity index (χ2n) is 2.54. The van der Waals surface area contributed by atoms with Crippen LogP contribution in [0.3, 0.4) is 0 Å². The quantitative estimate of drug-likeness (QED) is 0.560. The number of rotatable bonds is 4. The minimum absolute atomic E-state index is 0.273. The Morgan fingerprint density at radius 3 is 3.20 bits per heavy atom. The van der Waals surface area contributed by atoms with E-state index in [4.69, 9.17) is 5.26 Å². The van der Waals surface area contributed by atoms with Gasteiger partial charge in [0, 0.05) is 5.75 Å². The Kier molecular flexibility index (Phi) is 4.57. The Labute approximate surface area is 91.5 Å². The zero-order valence-electron chi connectivity index (χ0n) is 8.14. The van der Waals surface area contributed by atoms with Crippen molar-refractivity contribution in [2.45, 2.75) is 11.4 Å². The van der Waals surface area contributed by atoms with Gasteiger partial charge in [-0.25, -0.2) is 0 Å². The molecule has 0 saturated carbocycles. The van der Waals surface area contributed by atoms with Crippen molar-refractivity contribution >= 4 is 17.7 Å². The number of ether oxygens (including phenoxy) is 1. The fourth-order valence-corrected chi connectivity index (χ4v) is 1.68. The van der Waals surface area contributed by atoms with Crippen molar-refractivity contribution in [1.82, 2.24) is 10.2 Å². The van der Waals surface area contributed by atoms with Crippen molar-refractivity contribution in [1.29, 1.82) is 5.26 Å². The van der Waals surface area contributed by atoms with Crippen LogP contribution in [0.5, 0.6) is 0 Å². The number of nitrogens with zero attached hydrogens (tertiary/aromatic N) is 3. The van der Waals surface area contributed by atoms with E-state index in [2.05, 4.69) is 14.9 Å². The fraction of sp³-hybridized carbons (Fsp3) is 0.333. The second kappa shape index (κ2) is 5.98. The van der Waals surface area contributed by atoms with Crippen LogP contribution >= 0.6 is 11.8 Å². The van der Waals surface area contributed by atoms with E-state index in [1.54, 1.807) is 6.07 Å². The molecular formula is C9H9N3O2S. The van der Waals surface area contributed by atoms with E-state index >= 15 is 0 Å². The molecule has 0 spiro atoms. The number of nitriles is 1. The van der Waals surface area contributed by atoms with E-state index in [9.17, 15) is 4.79 Å². The lowest BCUT2D eigenvalue weighted by atomic mass is 10.3. The molecule has 1 aromatic rings. The third-order valence-corrected chi connectivity index (χ3v) is 2.56. The van der Waals surface area contributed by atoms with Gasteiger partial charge in [0.15, 0.2) is 0 Å². The number of thioether (sulfide) groups is 1. The van der Waals surface area contributed by atoms with Crippen LogP contribution in [0.15, 0.2) is 17.3 Å². The summed E-state index contributed by atoms with van der Waals surface area (Å²) in [5.74, 6) is 0.255. The minimum atomic E-state index is -0.273. The van der Waals surface area contributed by atoms with Gasteiger partial charge in [0.25, 0.3) is 0 Å². The molecule has 1 rings (SSSR count). The number of aromatic nitrogens is 2. The number of carbonyl (C=O) groups excluding carboxylic acids is 1. The molecule has 0 aromatic carbocycles. The van der Waals surface area contributed by atoms with Gasteiger partial charge in [-0.05, 0) is 6.07 Å². The molecule has 0 atom stereocenters. The lowest BCUT2D eigenvalue weighted by molar-refractivity contribution is -0.140. The first-order chi connectivity index (χ1) is 7.27. The van der Waals surface area contributed by atoms with E-state index in [-0.39, 0.29) is 5.97 Å². The van der Waals surface area contributed by atoms with Crippen molar-refractivity contribution in [3.05, 3.63) is 17.8 Å². The van der Waals surface area contributed by atoms with Crippen LogP contribution in [0.2, 0.25) is 0 Å². The average molecular weight is 223 g/mol. The molecule has 0 saturated heterocycles. The standard InChI is InChI=1S/C9H9N3O2S/c1-14-8(13)3-5-15-9-7(6-10)2-4-11-12-9/h2,4H,3,5H2,1H3. The van der Waals surface area contributed by atoms with E-state index in [1.807, 2.05) is 6.07 Å². The zero-order chi connectivity index (χ0) is 11.1.